The number of hydrogen-bond donors (Lipinski definition) is 2. The lowest BCUT2D eigenvalue weighted by atomic mass is 9.99. The second-order valence-corrected chi connectivity index (χ2v) is 6.34. The molecule has 3 aliphatic rings. The molecule has 1 heterocycles. The number of nitrogens with zero attached hydrogens (tertiary/aromatic N) is 1. The summed E-state index contributed by atoms with van der Waals surface area (Å²) >= 11 is 0. The van der Waals surface area contributed by atoms with Gasteiger partial charge in [0.25, 0.3) is 0 Å². The predicted octanol–water partition coefficient (Wildman–Crippen LogP) is 0.857. The van der Waals surface area contributed by atoms with E-state index in [2.05, 4.69) is 10.2 Å². The summed E-state index contributed by atoms with van der Waals surface area (Å²) in [5, 5.41) is 3.20. The van der Waals surface area contributed by atoms with Crippen LogP contribution in [0, 0.1) is 5.92 Å². The van der Waals surface area contributed by atoms with Gasteiger partial charge < -0.3 is 11.1 Å². The van der Waals surface area contributed by atoms with Crippen LogP contribution in [0.2, 0.25) is 0 Å². The van der Waals surface area contributed by atoms with Gasteiger partial charge in [-0.05, 0) is 38.0 Å². The first-order valence-electron chi connectivity index (χ1n) is 7.51. The molecule has 0 radical (unpaired) electrons. The highest BCUT2D eigenvalue weighted by atomic mass is 16.1. The van der Waals surface area contributed by atoms with E-state index in [4.69, 9.17) is 5.73 Å². The van der Waals surface area contributed by atoms with Crippen LogP contribution in [-0.2, 0) is 4.79 Å². The first-order chi connectivity index (χ1) is 8.72. The smallest absolute Gasteiger partial charge is 0.220 e. The fraction of sp³-hybridized carbons (Fsp3) is 0.929. The summed E-state index contributed by atoms with van der Waals surface area (Å²) < 4.78 is 0. The molecule has 1 unspecified atom stereocenters. The predicted molar refractivity (Wildman–Crippen MR) is 71.1 cm³/mol. The minimum Gasteiger partial charge on any atom is -0.352 e. The van der Waals surface area contributed by atoms with Crippen LogP contribution in [-0.4, -0.2) is 42.0 Å². The van der Waals surface area contributed by atoms with Crippen LogP contribution >= 0.6 is 0 Å². The fourth-order valence-corrected chi connectivity index (χ4v) is 3.52. The van der Waals surface area contributed by atoms with Gasteiger partial charge in [0.1, 0.15) is 0 Å². The average molecular weight is 251 g/mol. The maximum atomic E-state index is 12.0. The first-order valence-corrected chi connectivity index (χ1v) is 7.51. The summed E-state index contributed by atoms with van der Waals surface area (Å²) in [5.41, 5.74) is 6.02. The standard InChI is InChI=1S/C14H25N3O/c15-13-3-1-2-10(13)8-14(18)16-11-6-7-17(9-11)12-4-5-12/h10-13H,1-9,15H2,(H,16,18)/t10-,11?,13+/m0/s1. The highest BCUT2D eigenvalue weighted by Crippen LogP contribution is 2.30. The third-order valence-corrected chi connectivity index (χ3v) is 4.81. The summed E-state index contributed by atoms with van der Waals surface area (Å²) in [5.74, 6) is 0.644. The van der Waals surface area contributed by atoms with Crippen molar-refractivity contribution in [3.63, 3.8) is 0 Å². The Hall–Kier alpha value is -0.610. The molecule has 18 heavy (non-hydrogen) atoms. The second-order valence-electron chi connectivity index (χ2n) is 6.34. The molecular formula is C14H25N3O. The molecule has 1 amide bonds. The molecule has 3 N–H and O–H groups in total. The Morgan fingerprint density at radius 3 is 2.72 bits per heavy atom. The van der Waals surface area contributed by atoms with Crippen molar-refractivity contribution in [2.45, 2.75) is 63.1 Å². The van der Waals surface area contributed by atoms with E-state index in [0.29, 0.717) is 18.4 Å². The molecule has 4 heteroatoms. The van der Waals surface area contributed by atoms with E-state index in [-0.39, 0.29) is 11.9 Å². The van der Waals surface area contributed by atoms with Gasteiger partial charge >= 0.3 is 0 Å². The zero-order chi connectivity index (χ0) is 12.5. The molecule has 102 valence electrons. The van der Waals surface area contributed by atoms with Crippen LogP contribution in [0.1, 0.15) is 44.9 Å². The Morgan fingerprint density at radius 1 is 1.22 bits per heavy atom. The topological polar surface area (TPSA) is 58.4 Å². The van der Waals surface area contributed by atoms with Crippen molar-refractivity contribution in [2.75, 3.05) is 13.1 Å². The van der Waals surface area contributed by atoms with E-state index < -0.39 is 0 Å². The highest BCUT2D eigenvalue weighted by Gasteiger charge is 2.35. The van der Waals surface area contributed by atoms with Gasteiger partial charge in [0.2, 0.25) is 5.91 Å². The van der Waals surface area contributed by atoms with Crippen molar-refractivity contribution in [1.82, 2.24) is 10.2 Å². The summed E-state index contributed by atoms with van der Waals surface area (Å²) in [7, 11) is 0. The number of rotatable bonds is 4. The molecule has 3 fully saturated rings. The maximum Gasteiger partial charge on any atom is 0.220 e. The molecular weight excluding hydrogens is 226 g/mol. The van der Waals surface area contributed by atoms with Gasteiger partial charge in [-0.15, -0.1) is 0 Å². The summed E-state index contributed by atoms with van der Waals surface area (Å²) in [4.78, 5) is 14.5. The minimum absolute atomic E-state index is 0.222. The molecule has 0 aromatic rings. The lowest BCUT2D eigenvalue weighted by Crippen LogP contribution is -2.39. The van der Waals surface area contributed by atoms with E-state index in [1.54, 1.807) is 0 Å². The number of carbonyl (C=O) groups is 1. The summed E-state index contributed by atoms with van der Waals surface area (Å²) in [6, 6.07) is 1.47. The molecule has 0 aromatic carbocycles. The molecule has 3 rings (SSSR count). The Labute approximate surface area is 109 Å². The van der Waals surface area contributed by atoms with Crippen molar-refractivity contribution in [2.24, 2.45) is 11.7 Å². The largest absolute Gasteiger partial charge is 0.352 e. The summed E-state index contributed by atoms with van der Waals surface area (Å²) in [6.07, 6.45) is 7.90. The zero-order valence-corrected chi connectivity index (χ0v) is 11.1. The molecule has 4 nitrogen and oxygen atoms in total. The average Bonchev–Trinajstić information content (AvgIpc) is 2.97. The van der Waals surface area contributed by atoms with Crippen LogP contribution in [0.4, 0.5) is 0 Å². The van der Waals surface area contributed by atoms with Gasteiger partial charge in [-0.3, -0.25) is 9.69 Å². The number of amides is 1. The Bertz CT molecular complexity index is 316. The van der Waals surface area contributed by atoms with Crippen molar-refractivity contribution in [1.29, 1.82) is 0 Å². The third-order valence-electron chi connectivity index (χ3n) is 4.81. The van der Waals surface area contributed by atoms with E-state index in [9.17, 15) is 4.79 Å². The Balaban J connectivity index is 1.41. The molecule has 1 saturated heterocycles. The van der Waals surface area contributed by atoms with Gasteiger partial charge in [-0.2, -0.15) is 0 Å². The lowest BCUT2D eigenvalue weighted by Gasteiger charge is -2.18. The molecule has 2 saturated carbocycles. The molecule has 0 bridgehead atoms. The second kappa shape index (κ2) is 5.17. The van der Waals surface area contributed by atoms with Crippen LogP contribution < -0.4 is 11.1 Å². The first kappa shape index (κ1) is 12.4. The molecule has 3 atom stereocenters. The molecule has 0 spiro atoms. The van der Waals surface area contributed by atoms with E-state index >= 15 is 0 Å². The number of nitrogens with one attached hydrogen (secondary N) is 1. The number of likely N-dealkylation sites (tertiary alicyclic amines) is 1. The fourth-order valence-electron chi connectivity index (χ4n) is 3.52. The Morgan fingerprint density at radius 2 is 2.06 bits per heavy atom. The summed E-state index contributed by atoms with van der Waals surface area (Å²) in [6.45, 7) is 2.23. The quantitative estimate of drug-likeness (QED) is 0.779. The van der Waals surface area contributed by atoms with Crippen molar-refractivity contribution >= 4 is 5.91 Å². The van der Waals surface area contributed by atoms with Gasteiger partial charge in [0.05, 0.1) is 0 Å². The van der Waals surface area contributed by atoms with Crippen LogP contribution in [0.5, 0.6) is 0 Å². The number of nitrogens with two attached hydrogens (primary N) is 1. The van der Waals surface area contributed by atoms with E-state index in [0.717, 1.165) is 31.8 Å². The molecule has 2 aliphatic carbocycles. The van der Waals surface area contributed by atoms with Crippen LogP contribution in [0.15, 0.2) is 0 Å². The van der Waals surface area contributed by atoms with Crippen molar-refractivity contribution < 1.29 is 4.79 Å². The van der Waals surface area contributed by atoms with Gasteiger partial charge in [0.15, 0.2) is 0 Å². The van der Waals surface area contributed by atoms with Gasteiger partial charge in [-0.1, -0.05) is 6.42 Å². The minimum atomic E-state index is 0.222. The zero-order valence-electron chi connectivity index (χ0n) is 11.1. The molecule has 0 aromatic heterocycles. The van der Waals surface area contributed by atoms with Gasteiger partial charge in [0, 0.05) is 37.6 Å². The lowest BCUT2D eigenvalue weighted by molar-refractivity contribution is -0.122. The molecule has 1 aliphatic heterocycles. The maximum absolute atomic E-state index is 12.0. The number of hydrogen-bond acceptors (Lipinski definition) is 3. The van der Waals surface area contributed by atoms with Crippen molar-refractivity contribution in [3.8, 4) is 0 Å². The van der Waals surface area contributed by atoms with E-state index in [1.807, 2.05) is 0 Å². The SMILES string of the molecule is N[C@@H]1CCC[C@H]1CC(=O)NC1CCN(C2CC2)C1. The van der Waals surface area contributed by atoms with Crippen LogP contribution in [0.25, 0.3) is 0 Å². The highest BCUT2D eigenvalue weighted by molar-refractivity contribution is 5.76. The van der Waals surface area contributed by atoms with Gasteiger partial charge in [-0.25, -0.2) is 0 Å². The monoisotopic (exact) mass is 251 g/mol. The third kappa shape index (κ3) is 2.86. The number of carbonyl (C=O) groups excluding carboxylic acids is 1. The normalized spacial score (nSPS) is 37.1. The van der Waals surface area contributed by atoms with Crippen molar-refractivity contribution in [3.05, 3.63) is 0 Å². The van der Waals surface area contributed by atoms with E-state index in [1.165, 1.54) is 25.8 Å². The van der Waals surface area contributed by atoms with Crippen LogP contribution in [0.3, 0.4) is 0 Å². The Kier molecular flexibility index (Phi) is 3.57.